The third-order valence-corrected chi connectivity index (χ3v) is 3.95. The minimum Gasteiger partial charge on any atom is -0.508 e. The van der Waals surface area contributed by atoms with Gasteiger partial charge in [-0.3, -0.25) is 10.1 Å². The molecule has 0 radical (unpaired) electrons. The molecule has 0 aromatic heterocycles. The lowest BCUT2D eigenvalue weighted by Crippen LogP contribution is -2.34. The van der Waals surface area contributed by atoms with E-state index in [-0.39, 0.29) is 16.8 Å². The predicted octanol–water partition coefficient (Wildman–Crippen LogP) is 4.07. The number of ether oxygens (including phenoxy) is 1. The van der Waals surface area contributed by atoms with Crippen molar-refractivity contribution in [1.29, 1.82) is 0 Å². The molecule has 3 aromatic rings. The molecule has 0 unspecified atom stereocenters. The molecule has 132 valence electrons. The Kier molecular flexibility index (Phi) is 5.34. The SMILES string of the molecule is CCOc1cccc(C(=O)NC(=S)Nc2cccc3cc(O)ccc23)c1. The topological polar surface area (TPSA) is 70.6 Å². The van der Waals surface area contributed by atoms with E-state index in [1.165, 1.54) is 0 Å². The third-order valence-electron chi connectivity index (χ3n) is 3.75. The molecule has 0 heterocycles. The van der Waals surface area contributed by atoms with E-state index in [1.807, 2.05) is 25.1 Å². The molecular formula is C20H18N2O3S. The number of phenolic OH excluding ortho intramolecular Hbond substituents is 1. The summed E-state index contributed by atoms with van der Waals surface area (Å²) in [5, 5.41) is 17.2. The first kappa shape index (κ1) is 17.7. The monoisotopic (exact) mass is 366 g/mol. The normalized spacial score (nSPS) is 10.3. The van der Waals surface area contributed by atoms with Crippen molar-refractivity contribution in [2.45, 2.75) is 6.92 Å². The van der Waals surface area contributed by atoms with Crippen LogP contribution in [0.15, 0.2) is 60.7 Å². The fourth-order valence-corrected chi connectivity index (χ4v) is 2.81. The average Bonchev–Trinajstić information content (AvgIpc) is 2.62. The molecule has 0 spiro atoms. The summed E-state index contributed by atoms with van der Waals surface area (Å²) in [7, 11) is 0. The van der Waals surface area contributed by atoms with Crippen molar-refractivity contribution in [3.8, 4) is 11.5 Å². The molecule has 3 aromatic carbocycles. The van der Waals surface area contributed by atoms with Crippen LogP contribution < -0.4 is 15.4 Å². The van der Waals surface area contributed by atoms with Gasteiger partial charge in [-0.15, -0.1) is 0 Å². The second-order valence-corrected chi connectivity index (χ2v) is 5.99. The van der Waals surface area contributed by atoms with E-state index in [1.54, 1.807) is 42.5 Å². The van der Waals surface area contributed by atoms with Crippen LogP contribution >= 0.6 is 12.2 Å². The number of rotatable bonds is 4. The highest BCUT2D eigenvalue weighted by Crippen LogP contribution is 2.26. The van der Waals surface area contributed by atoms with E-state index in [0.29, 0.717) is 17.9 Å². The number of phenols is 1. The summed E-state index contributed by atoms with van der Waals surface area (Å²) in [6.45, 7) is 2.41. The first-order chi connectivity index (χ1) is 12.6. The van der Waals surface area contributed by atoms with Gasteiger partial charge in [-0.1, -0.05) is 18.2 Å². The highest BCUT2D eigenvalue weighted by molar-refractivity contribution is 7.80. The lowest BCUT2D eigenvalue weighted by molar-refractivity contribution is 0.0977. The smallest absolute Gasteiger partial charge is 0.257 e. The fourth-order valence-electron chi connectivity index (χ4n) is 2.60. The number of carbonyl (C=O) groups is 1. The summed E-state index contributed by atoms with van der Waals surface area (Å²) < 4.78 is 5.41. The number of thiocarbonyl (C=S) groups is 1. The van der Waals surface area contributed by atoms with Gasteiger partial charge in [0.2, 0.25) is 0 Å². The third kappa shape index (κ3) is 4.10. The van der Waals surface area contributed by atoms with Gasteiger partial charge >= 0.3 is 0 Å². The predicted molar refractivity (Wildman–Crippen MR) is 107 cm³/mol. The van der Waals surface area contributed by atoms with E-state index < -0.39 is 0 Å². The number of hydrogen-bond donors (Lipinski definition) is 3. The fraction of sp³-hybridized carbons (Fsp3) is 0.100. The Morgan fingerprint density at radius 3 is 2.73 bits per heavy atom. The maximum Gasteiger partial charge on any atom is 0.257 e. The van der Waals surface area contributed by atoms with Crippen molar-refractivity contribution in [3.05, 3.63) is 66.2 Å². The van der Waals surface area contributed by atoms with Gasteiger partial charge in [-0.05, 0) is 67.0 Å². The Hall–Kier alpha value is -3.12. The van der Waals surface area contributed by atoms with E-state index in [9.17, 15) is 9.90 Å². The van der Waals surface area contributed by atoms with Gasteiger partial charge in [0.1, 0.15) is 11.5 Å². The maximum absolute atomic E-state index is 12.4. The Morgan fingerprint density at radius 1 is 1.12 bits per heavy atom. The number of nitrogens with one attached hydrogen (secondary N) is 2. The minimum atomic E-state index is -0.318. The van der Waals surface area contributed by atoms with Crippen molar-refractivity contribution < 1.29 is 14.6 Å². The number of anilines is 1. The van der Waals surface area contributed by atoms with Gasteiger partial charge in [-0.2, -0.15) is 0 Å². The number of carbonyl (C=O) groups excluding carboxylic acids is 1. The average molecular weight is 366 g/mol. The van der Waals surface area contributed by atoms with Crippen molar-refractivity contribution in [2.75, 3.05) is 11.9 Å². The second-order valence-electron chi connectivity index (χ2n) is 5.58. The van der Waals surface area contributed by atoms with Crippen molar-refractivity contribution in [3.63, 3.8) is 0 Å². The second kappa shape index (κ2) is 7.84. The van der Waals surface area contributed by atoms with Crippen LogP contribution in [-0.4, -0.2) is 22.7 Å². The Bertz CT molecular complexity index is 972. The molecule has 26 heavy (non-hydrogen) atoms. The maximum atomic E-state index is 12.4. The summed E-state index contributed by atoms with van der Waals surface area (Å²) in [5.74, 6) is 0.509. The van der Waals surface area contributed by atoms with Crippen LogP contribution in [0, 0.1) is 0 Å². The Labute approximate surface area is 156 Å². The van der Waals surface area contributed by atoms with Gasteiger partial charge in [0, 0.05) is 16.6 Å². The van der Waals surface area contributed by atoms with E-state index in [0.717, 1.165) is 16.5 Å². The van der Waals surface area contributed by atoms with Crippen LogP contribution in [0.5, 0.6) is 11.5 Å². The molecule has 0 aliphatic rings. The van der Waals surface area contributed by atoms with Gasteiger partial charge in [0.25, 0.3) is 5.91 Å². The zero-order valence-electron chi connectivity index (χ0n) is 14.2. The van der Waals surface area contributed by atoms with Crippen LogP contribution in [0.3, 0.4) is 0 Å². The molecule has 0 saturated heterocycles. The van der Waals surface area contributed by atoms with E-state index >= 15 is 0 Å². The minimum absolute atomic E-state index is 0.192. The molecule has 0 atom stereocenters. The van der Waals surface area contributed by atoms with Crippen molar-refractivity contribution >= 4 is 39.7 Å². The van der Waals surface area contributed by atoms with Crippen LogP contribution in [0.4, 0.5) is 5.69 Å². The summed E-state index contributed by atoms with van der Waals surface area (Å²) in [6.07, 6.45) is 0. The van der Waals surface area contributed by atoms with Crippen LogP contribution in [-0.2, 0) is 0 Å². The van der Waals surface area contributed by atoms with Crippen LogP contribution in [0.1, 0.15) is 17.3 Å². The lowest BCUT2D eigenvalue weighted by atomic mass is 10.1. The molecule has 0 saturated carbocycles. The van der Waals surface area contributed by atoms with E-state index in [4.69, 9.17) is 17.0 Å². The summed E-state index contributed by atoms with van der Waals surface area (Å²) in [6, 6.07) is 17.6. The van der Waals surface area contributed by atoms with Gasteiger partial charge in [-0.25, -0.2) is 0 Å². The van der Waals surface area contributed by atoms with Crippen molar-refractivity contribution in [2.24, 2.45) is 0 Å². The summed E-state index contributed by atoms with van der Waals surface area (Å²) in [4.78, 5) is 12.4. The molecule has 3 rings (SSSR count). The summed E-state index contributed by atoms with van der Waals surface area (Å²) >= 11 is 5.26. The number of fused-ring (bicyclic) bond motifs is 1. The summed E-state index contributed by atoms with van der Waals surface area (Å²) in [5.41, 5.74) is 1.21. The number of benzene rings is 3. The number of amides is 1. The quantitative estimate of drug-likeness (QED) is 0.607. The highest BCUT2D eigenvalue weighted by Gasteiger charge is 2.10. The highest BCUT2D eigenvalue weighted by atomic mass is 32.1. The molecular weight excluding hydrogens is 348 g/mol. The van der Waals surface area contributed by atoms with E-state index in [2.05, 4.69) is 10.6 Å². The van der Waals surface area contributed by atoms with Gasteiger partial charge in [0.15, 0.2) is 5.11 Å². The van der Waals surface area contributed by atoms with Crippen LogP contribution in [0.25, 0.3) is 10.8 Å². The largest absolute Gasteiger partial charge is 0.508 e. The number of hydrogen-bond acceptors (Lipinski definition) is 4. The first-order valence-corrected chi connectivity index (χ1v) is 8.54. The Balaban J connectivity index is 1.73. The molecule has 0 bridgehead atoms. The zero-order valence-corrected chi connectivity index (χ0v) is 15.0. The van der Waals surface area contributed by atoms with Gasteiger partial charge < -0.3 is 15.2 Å². The first-order valence-electron chi connectivity index (χ1n) is 8.14. The zero-order chi connectivity index (χ0) is 18.5. The molecule has 1 amide bonds. The Morgan fingerprint density at radius 2 is 1.92 bits per heavy atom. The lowest BCUT2D eigenvalue weighted by Gasteiger charge is -2.12. The van der Waals surface area contributed by atoms with Crippen LogP contribution in [0.2, 0.25) is 0 Å². The molecule has 3 N–H and O–H groups in total. The number of aromatic hydroxyl groups is 1. The molecule has 0 aliphatic carbocycles. The molecule has 6 heteroatoms. The van der Waals surface area contributed by atoms with Gasteiger partial charge in [0.05, 0.1) is 6.61 Å². The standard InChI is InChI=1S/C20H18N2O3S/c1-2-25-16-7-3-6-14(12-16)19(24)22-20(26)21-18-8-4-5-13-11-15(23)9-10-17(13)18/h3-12,23H,2H2,1H3,(H2,21,22,24,26). The van der Waals surface area contributed by atoms with Crippen molar-refractivity contribution in [1.82, 2.24) is 5.32 Å². The molecule has 0 aliphatic heterocycles. The molecule has 5 nitrogen and oxygen atoms in total. The molecule has 0 fully saturated rings.